The molecule has 184 valence electrons. The molecule has 3 atom stereocenters. The van der Waals surface area contributed by atoms with E-state index < -0.39 is 0 Å². The van der Waals surface area contributed by atoms with Crippen LogP contribution in [0.2, 0.25) is 0 Å². The van der Waals surface area contributed by atoms with E-state index in [2.05, 4.69) is 66.6 Å². The lowest BCUT2D eigenvalue weighted by Crippen LogP contribution is -2.28. The van der Waals surface area contributed by atoms with Crippen LogP contribution in [0.5, 0.6) is 0 Å². The summed E-state index contributed by atoms with van der Waals surface area (Å²) >= 11 is 1.84. The van der Waals surface area contributed by atoms with Crippen LogP contribution in [0, 0.1) is 23.2 Å². The first-order valence-corrected chi connectivity index (χ1v) is 13.7. The monoisotopic (exact) mass is 464 g/mol. The van der Waals surface area contributed by atoms with Crippen molar-refractivity contribution >= 4 is 17.6 Å². The molecule has 0 fully saturated rings. The standard InChI is InChI=1S/C25H48N6S/c1-19(2)10-7-11-20(3)12-8-13-21(4)14-9-15-22(5)16-17-32-18-24(27-23(6)26)25-28-30-31-29-25/h16,19-21,24H,7-15,17-18H2,1-6H3,(H2,26,27)(H,28,29,30,31). The van der Waals surface area contributed by atoms with Crippen molar-refractivity contribution in [3.05, 3.63) is 17.5 Å². The Morgan fingerprint density at radius 2 is 1.62 bits per heavy atom. The van der Waals surface area contributed by atoms with Crippen molar-refractivity contribution in [2.75, 3.05) is 11.5 Å². The molecule has 0 aromatic carbocycles. The molecule has 0 saturated heterocycles. The lowest BCUT2D eigenvalue weighted by molar-refractivity contribution is 0.389. The number of thioether (sulfide) groups is 1. The minimum absolute atomic E-state index is 0.0556. The van der Waals surface area contributed by atoms with Crippen LogP contribution in [0.1, 0.15) is 111 Å². The molecule has 0 aliphatic heterocycles. The fourth-order valence-electron chi connectivity index (χ4n) is 3.96. The SMILES string of the molecule is CC(=N)NC(CSCC=C(C)CCCC(C)CCCC(C)CCCC(C)C)c1nnn[nH]1. The van der Waals surface area contributed by atoms with Gasteiger partial charge in [-0.25, -0.2) is 5.10 Å². The summed E-state index contributed by atoms with van der Waals surface area (Å²) in [6.45, 7) is 13.5. The van der Waals surface area contributed by atoms with E-state index in [9.17, 15) is 0 Å². The molecule has 1 aromatic heterocycles. The van der Waals surface area contributed by atoms with Crippen LogP contribution in [0.4, 0.5) is 0 Å². The van der Waals surface area contributed by atoms with Gasteiger partial charge in [-0.2, -0.15) is 11.8 Å². The van der Waals surface area contributed by atoms with Crippen molar-refractivity contribution in [1.29, 1.82) is 5.41 Å². The molecule has 6 nitrogen and oxygen atoms in total. The fraction of sp³-hybridized carbons (Fsp3) is 0.840. The van der Waals surface area contributed by atoms with E-state index in [0.717, 1.165) is 29.3 Å². The molecule has 1 rings (SSSR count). The molecule has 0 spiro atoms. The molecule has 0 aliphatic rings. The predicted molar refractivity (Wildman–Crippen MR) is 139 cm³/mol. The van der Waals surface area contributed by atoms with Gasteiger partial charge in [0.05, 0.1) is 11.9 Å². The van der Waals surface area contributed by atoms with E-state index in [1.165, 1.54) is 63.4 Å². The molecular weight excluding hydrogens is 416 g/mol. The number of nitrogens with one attached hydrogen (secondary N) is 3. The number of H-pyrrole nitrogens is 1. The van der Waals surface area contributed by atoms with Crippen molar-refractivity contribution < 1.29 is 0 Å². The summed E-state index contributed by atoms with van der Waals surface area (Å²) in [5.41, 5.74) is 1.48. The van der Waals surface area contributed by atoms with E-state index >= 15 is 0 Å². The number of hydrogen-bond acceptors (Lipinski definition) is 5. The summed E-state index contributed by atoms with van der Waals surface area (Å²) < 4.78 is 0. The molecule has 7 heteroatoms. The van der Waals surface area contributed by atoms with Gasteiger partial charge in [0.1, 0.15) is 0 Å². The average Bonchev–Trinajstić information content (AvgIpc) is 3.24. The molecule has 3 unspecified atom stereocenters. The number of tetrazole rings is 1. The Labute approximate surface area is 201 Å². The van der Waals surface area contributed by atoms with Gasteiger partial charge in [-0.3, -0.25) is 5.41 Å². The van der Waals surface area contributed by atoms with E-state index in [4.69, 9.17) is 5.41 Å². The lowest BCUT2D eigenvalue weighted by atomic mass is 9.91. The zero-order chi connectivity index (χ0) is 23.8. The molecule has 0 saturated carbocycles. The molecule has 0 radical (unpaired) electrons. The summed E-state index contributed by atoms with van der Waals surface area (Å²) in [7, 11) is 0. The van der Waals surface area contributed by atoms with Gasteiger partial charge < -0.3 is 5.32 Å². The molecule has 0 amide bonds. The maximum Gasteiger partial charge on any atom is 0.171 e. The number of rotatable bonds is 18. The molecule has 0 aliphatic carbocycles. The maximum absolute atomic E-state index is 7.68. The third-order valence-electron chi connectivity index (χ3n) is 6.06. The highest BCUT2D eigenvalue weighted by Gasteiger charge is 2.15. The van der Waals surface area contributed by atoms with Crippen LogP contribution >= 0.6 is 11.8 Å². The average molecular weight is 465 g/mol. The van der Waals surface area contributed by atoms with Crippen LogP contribution in [-0.4, -0.2) is 38.0 Å². The van der Waals surface area contributed by atoms with Gasteiger partial charge >= 0.3 is 0 Å². The van der Waals surface area contributed by atoms with Gasteiger partial charge in [0.2, 0.25) is 0 Å². The normalized spacial score (nSPS) is 15.0. The third-order valence-corrected chi connectivity index (χ3v) is 7.03. The van der Waals surface area contributed by atoms with Crippen molar-refractivity contribution in [2.45, 2.75) is 105 Å². The Bertz CT molecular complexity index is 628. The summed E-state index contributed by atoms with van der Waals surface area (Å²) in [4.78, 5) is 0. The van der Waals surface area contributed by atoms with Crippen molar-refractivity contribution in [2.24, 2.45) is 17.8 Å². The minimum Gasteiger partial charge on any atom is -0.363 e. The van der Waals surface area contributed by atoms with Crippen molar-refractivity contribution in [1.82, 2.24) is 25.9 Å². The first-order chi connectivity index (χ1) is 15.3. The predicted octanol–water partition coefficient (Wildman–Crippen LogP) is 6.95. The Kier molecular flexibility index (Phi) is 15.4. The zero-order valence-electron chi connectivity index (χ0n) is 21.4. The van der Waals surface area contributed by atoms with Crippen LogP contribution in [-0.2, 0) is 0 Å². The number of aromatic nitrogens is 4. The third kappa shape index (κ3) is 14.6. The van der Waals surface area contributed by atoms with E-state index in [1.807, 2.05) is 11.8 Å². The molecule has 1 aromatic rings. The van der Waals surface area contributed by atoms with Crippen LogP contribution < -0.4 is 5.32 Å². The highest BCUT2D eigenvalue weighted by atomic mass is 32.2. The molecule has 0 bridgehead atoms. The van der Waals surface area contributed by atoms with Crippen molar-refractivity contribution in [3.63, 3.8) is 0 Å². The highest BCUT2D eigenvalue weighted by Crippen LogP contribution is 2.22. The van der Waals surface area contributed by atoms with Gasteiger partial charge in [0.25, 0.3) is 0 Å². The summed E-state index contributed by atoms with van der Waals surface area (Å²) in [6.07, 6.45) is 14.5. The summed E-state index contributed by atoms with van der Waals surface area (Å²) in [5.74, 6) is 5.49. The first-order valence-electron chi connectivity index (χ1n) is 12.6. The summed E-state index contributed by atoms with van der Waals surface area (Å²) in [6, 6.07) is -0.0556. The fourth-order valence-corrected chi connectivity index (χ4v) is 4.98. The second-order valence-electron chi connectivity index (χ2n) is 10.1. The molecule has 1 heterocycles. The van der Waals surface area contributed by atoms with E-state index in [0.29, 0.717) is 11.7 Å². The lowest BCUT2D eigenvalue weighted by Gasteiger charge is -2.15. The minimum atomic E-state index is -0.0556. The molecule has 3 N–H and O–H groups in total. The summed E-state index contributed by atoms with van der Waals surface area (Å²) in [5, 5.41) is 24.9. The smallest absolute Gasteiger partial charge is 0.171 e. The second kappa shape index (κ2) is 17.2. The van der Waals surface area contributed by atoms with Crippen LogP contribution in [0.3, 0.4) is 0 Å². The van der Waals surface area contributed by atoms with E-state index in [-0.39, 0.29) is 6.04 Å². The number of hydrogen-bond donors (Lipinski definition) is 3. The quantitative estimate of drug-likeness (QED) is 0.0946. The number of amidine groups is 1. The Morgan fingerprint density at radius 1 is 1.00 bits per heavy atom. The van der Waals surface area contributed by atoms with E-state index in [1.54, 1.807) is 6.92 Å². The Balaban J connectivity index is 2.13. The van der Waals surface area contributed by atoms with Gasteiger partial charge in [-0.1, -0.05) is 84.3 Å². The van der Waals surface area contributed by atoms with Gasteiger partial charge in [0.15, 0.2) is 5.82 Å². The van der Waals surface area contributed by atoms with Gasteiger partial charge in [-0.15, -0.1) is 5.10 Å². The second-order valence-corrected chi connectivity index (χ2v) is 11.1. The topological polar surface area (TPSA) is 90.3 Å². The molecular formula is C25H48N6S. The van der Waals surface area contributed by atoms with Gasteiger partial charge in [-0.05, 0) is 54.9 Å². The molecule has 32 heavy (non-hydrogen) atoms. The number of allylic oxidation sites excluding steroid dienone is 1. The van der Waals surface area contributed by atoms with Crippen LogP contribution in [0.15, 0.2) is 11.6 Å². The largest absolute Gasteiger partial charge is 0.363 e. The Morgan fingerprint density at radius 3 is 2.19 bits per heavy atom. The van der Waals surface area contributed by atoms with Crippen molar-refractivity contribution in [3.8, 4) is 0 Å². The first kappa shape index (κ1) is 28.7. The zero-order valence-corrected chi connectivity index (χ0v) is 22.2. The Hall–Kier alpha value is -1.37. The number of nitrogens with zero attached hydrogens (tertiary/aromatic N) is 3. The maximum atomic E-state index is 7.68. The van der Waals surface area contributed by atoms with Gasteiger partial charge in [0, 0.05) is 11.5 Å². The highest BCUT2D eigenvalue weighted by molar-refractivity contribution is 7.99. The number of aromatic amines is 1. The van der Waals surface area contributed by atoms with Crippen LogP contribution in [0.25, 0.3) is 0 Å².